The van der Waals surface area contributed by atoms with Gasteiger partial charge >= 0.3 is 0 Å². The monoisotopic (exact) mass is 282 g/mol. The third-order valence-corrected chi connectivity index (χ3v) is 5.07. The SMILES string of the molecule is CC1CC(C)C(C(=O)NC2CCOC(C)(C)C2)CC1N. The van der Waals surface area contributed by atoms with Gasteiger partial charge in [-0.05, 0) is 51.4 Å². The first-order valence-electron chi connectivity index (χ1n) is 7.98. The van der Waals surface area contributed by atoms with E-state index in [1.165, 1.54) is 0 Å². The topological polar surface area (TPSA) is 64.3 Å². The zero-order chi connectivity index (χ0) is 14.9. The number of ether oxygens (including phenoxy) is 1. The van der Waals surface area contributed by atoms with E-state index in [0.717, 1.165) is 32.3 Å². The molecule has 4 nitrogen and oxygen atoms in total. The van der Waals surface area contributed by atoms with Crippen LogP contribution < -0.4 is 11.1 Å². The number of carbonyl (C=O) groups excluding carboxylic acids is 1. The van der Waals surface area contributed by atoms with E-state index in [1.54, 1.807) is 0 Å². The predicted molar refractivity (Wildman–Crippen MR) is 80.2 cm³/mol. The van der Waals surface area contributed by atoms with E-state index in [0.29, 0.717) is 11.8 Å². The standard InChI is InChI=1S/C16H30N2O2/c1-10-7-11(2)14(17)8-13(10)15(19)18-12-5-6-20-16(3,4)9-12/h10-14H,5-9,17H2,1-4H3,(H,18,19). The lowest BCUT2D eigenvalue weighted by Crippen LogP contribution is -2.50. The van der Waals surface area contributed by atoms with Crippen molar-refractivity contribution in [3.63, 3.8) is 0 Å². The molecule has 2 fully saturated rings. The van der Waals surface area contributed by atoms with Crippen molar-refractivity contribution in [2.45, 2.75) is 71.1 Å². The van der Waals surface area contributed by atoms with Crippen LogP contribution >= 0.6 is 0 Å². The average molecular weight is 282 g/mol. The number of nitrogens with one attached hydrogen (secondary N) is 1. The average Bonchev–Trinajstić information content (AvgIpc) is 2.32. The Balaban J connectivity index is 1.91. The van der Waals surface area contributed by atoms with Crippen LogP contribution in [0.25, 0.3) is 0 Å². The Kier molecular flexibility index (Phi) is 4.75. The van der Waals surface area contributed by atoms with E-state index < -0.39 is 0 Å². The third kappa shape index (κ3) is 3.73. The largest absolute Gasteiger partial charge is 0.375 e. The van der Waals surface area contributed by atoms with Gasteiger partial charge in [0.1, 0.15) is 0 Å². The first-order chi connectivity index (χ1) is 9.28. The lowest BCUT2D eigenvalue weighted by molar-refractivity contribution is -0.131. The Morgan fingerprint density at radius 2 is 1.95 bits per heavy atom. The van der Waals surface area contributed by atoms with Crippen LogP contribution in [0.3, 0.4) is 0 Å². The molecular formula is C16H30N2O2. The number of rotatable bonds is 2. The van der Waals surface area contributed by atoms with E-state index in [2.05, 4.69) is 33.0 Å². The van der Waals surface area contributed by atoms with Gasteiger partial charge in [-0.25, -0.2) is 0 Å². The highest BCUT2D eigenvalue weighted by atomic mass is 16.5. The second-order valence-electron chi connectivity index (χ2n) is 7.50. The summed E-state index contributed by atoms with van der Waals surface area (Å²) in [5.74, 6) is 1.23. The second-order valence-corrected chi connectivity index (χ2v) is 7.50. The lowest BCUT2D eigenvalue weighted by atomic mass is 9.72. The van der Waals surface area contributed by atoms with Gasteiger partial charge < -0.3 is 15.8 Å². The zero-order valence-corrected chi connectivity index (χ0v) is 13.3. The van der Waals surface area contributed by atoms with Gasteiger partial charge in [0.15, 0.2) is 0 Å². The smallest absolute Gasteiger partial charge is 0.223 e. The Hall–Kier alpha value is -0.610. The molecule has 0 aromatic heterocycles. The van der Waals surface area contributed by atoms with Crippen molar-refractivity contribution < 1.29 is 9.53 Å². The van der Waals surface area contributed by atoms with E-state index in [9.17, 15) is 4.79 Å². The van der Waals surface area contributed by atoms with Crippen molar-refractivity contribution >= 4 is 5.91 Å². The highest BCUT2D eigenvalue weighted by Gasteiger charge is 2.37. The number of nitrogens with two attached hydrogens (primary N) is 1. The summed E-state index contributed by atoms with van der Waals surface area (Å²) in [7, 11) is 0. The maximum Gasteiger partial charge on any atom is 0.223 e. The van der Waals surface area contributed by atoms with Gasteiger partial charge in [-0.15, -0.1) is 0 Å². The summed E-state index contributed by atoms with van der Waals surface area (Å²) in [6.07, 6.45) is 3.68. The van der Waals surface area contributed by atoms with Crippen LogP contribution in [-0.4, -0.2) is 30.2 Å². The molecule has 5 atom stereocenters. The molecular weight excluding hydrogens is 252 g/mol. The summed E-state index contributed by atoms with van der Waals surface area (Å²) >= 11 is 0. The van der Waals surface area contributed by atoms with Crippen molar-refractivity contribution in [3.05, 3.63) is 0 Å². The summed E-state index contributed by atoms with van der Waals surface area (Å²) in [6, 6.07) is 0.405. The molecule has 5 unspecified atom stereocenters. The molecule has 1 saturated heterocycles. The summed E-state index contributed by atoms with van der Waals surface area (Å²) in [5.41, 5.74) is 6.02. The van der Waals surface area contributed by atoms with E-state index in [-0.39, 0.29) is 29.5 Å². The maximum atomic E-state index is 12.5. The lowest BCUT2D eigenvalue weighted by Gasteiger charge is -2.39. The van der Waals surface area contributed by atoms with Crippen molar-refractivity contribution in [1.29, 1.82) is 0 Å². The molecule has 1 saturated carbocycles. The number of carbonyl (C=O) groups is 1. The minimum Gasteiger partial charge on any atom is -0.375 e. The Morgan fingerprint density at radius 3 is 2.60 bits per heavy atom. The van der Waals surface area contributed by atoms with Crippen molar-refractivity contribution in [2.75, 3.05) is 6.61 Å². The second kappa shape index (κ2) is 6.02. The fourth-order valence-corrected chi connectivity index (χ4v) is 3.71. The Labute approximate surface area is 122 Å². The van der Waals surface area contributed by atoms with Crippen LogP contribution in [0.5, 0.6) is 0 Å². The predicted octanol–water partition coefficient (Wildman–Crippen LogP) is 2.07. The number of hydrogen-bond donors (Lipinski definition) is 2. The number of amides is 1. The molecule has 0 aromatic rings. The van der Waals surface area contributed by atoms with Gasteiger partial charge in [0.2, 0.25) is 5.91 Å². The molecule has 20 heavy (non-hydrogen) atoms. The maximum absolute atomic E-state index is 12.5. The van der Waals surface area contributed by atoms with E-state index in [4.69, 9.17) is 10.5 Å². The molecule has 1 amide bonds. The third-order valence-electron chi connectivity index (χ3n) is 5.07. The molecule has 0 aromatic carbocycles. The molecule has 0 radical (unpaired) electrons. The van der Waals surface area contributed by atoms with Gasteiger partial charge in [0.05, 0.1) is 5.60 Å². The minimum atomic E-state index is -0.126. The van der Waals surface area contributed by atoms with Gasteiger partial charge in [0, 0.05) is 24.6 Å². The molecule has 116 valence electrons. The molecule has 4 heteroatoms. The molecule has 0 bridgehead atoms. The minimum absolute atomic E-state index is 0.0761. The van der Waals surface area contributed by atoms with Gasteiger partial charge in [-0.2, -0.15) is 0 Å². The molecule has 2 aliphatic rings. The number of hydrogen-bond acceptors (Lipinski definition) is 3. The Bertz CT molecular complexity index is 356. The van der Waals surface area contributed by atoms with Crippen LogP contribution in [0, 0.1) is 17.8 Å². The van der Waals surface area contributed by atoms with Gasteiger partial charge in [0.25, 0.3) is 0 Å². The van der Waals surface area contributed by atoms with Crippen LogP contribution in [0.4, 0.5) is 0 Å². The van der Waals surface area contributed by atoms with Crippen molar-refractivity contribution in [2.24, 2.45) is 23.5 Å². The first kappa shape index (κ1) is 15.8. The summed E-state index contributed by atoms with van der Waals surface area (Å²) in [4.78, 5) is 12.5. The summed E-state index contributed by atoms with van der Waals surface area (Å²) in [5, 5.41) is 3.24. The summed E-state index contributed by atoms with van der Waals surface area (Å²) in [6.45, 7) is 9.28. The van der Waals surface area contributed by atoms with Gasteiger partial charge in [-0.3, -0.25) is 4.79 Å². The Morgan fingerprint density at radius 1 is 1.25 bits per heavy atom. The van der Waals surface area contributed by atoms with E-state index in [1.807, 2.05) is 0 Å². The molecule has 1 heterocycles. The van der Waals surface area contributed by atoms with Crippen LogP contribution in [0.15, 0.2) is 0 Å². The van der Waals surface area contributed by atoms with Crippen LogP contribution in [-0.2, 0) is 9.53 Å². The highest BCUT2D eigenvalue weighted by Crippen LogP contribution is 2.33. The molecule has 3 N–H and O–H groups in total. The van der Waals surface area contributed by atoms with Crippen LogP contribution in [0.1, 0.15) is 53.4 Å². The molecule has 1 aliphatic heterocycles. The quantitative estimate of drug-likeness (QED) is 0.815. The van der Waals surface area contributed by atoms with Crippen molar-refractivity contribution in [3.8, 4) is 0 Å². The highest BCUT2D eigenvalue weighted by molar-refractivity contribution is 5.79. The molecule has 2 rings (SSSR count). The van der Waals surface area contributed by atoms with Gasteiger partial charge in [-0.1, -0.05) is 13.8 Å². The zero-order valence-electron chi connectivity index (χ0n) is 13.3. The fourth-order valence-electron chi connectivity index (χ4n) is 3.71. The van der Waals surface area contributed by atoms with E-state index >= 15 is 0 Å². The first-order valence-corrected chi connectivity index (χ1v) is 7.98. The fraction of sp³-hybridized carbons (Fsp3) is 0.938. The molecule has 0 spiro atoms. The molecule has 1 aliphatic carbocycles. The summed E-state index contributed by atoms with van der Waals surface area (Å²) < 4.78 is 5.70. The van der Waals surface area contributed by atoms with Crippen molar-refractivity contribution in [1.82, 2.24) is 5.32 Å². The normalized spacial score (nSPS) is 41.1. The van der Waals surface area contributed by atoms with Crippen LogP contribution in [0.2, 0.25) is 0 Å².